The largest absolute Gasteiger partial charge is 0.484 e. The summed E-state index contributed by atoms with van der Waals surface area (Å²) in [5, 5.41) is 3.80. The number of likely N-dealkylation sites (N-methyl/N-ethyl adjacent to an activating group) is 1. The summed E-state index contributed by atoms with van der Waals surface area (Å²) in [5.41, 5.74) is 3.85. The van der Waals surface area contributed by atoms with Crippen molar-refractivity contribution in [3.05, 3.63) is 99.0 Å². The van der Waals surface area contributed by atoms with E-state index in [1.165, 1.54) is 4.90 Å². The van der Waals surface area contributed by atoms with Gasteiger partial charge in [-0.1, -0.05) is 65.7 Å². The molecule has 0 aliphatic rings. The van der Waals surface area contributed by atoms with Gasteiger partial charge in [-0.05, 0) is 67.3 Å². The Balaban J connectivity index is 1.92. The number of hydrogen-bond acceptors (Lipinski definition) is 3. The van der Waals surface area contributed by atoms with E-state index in [0.29, 0.717) is 34.3 Å². The first-order valence-electron chi connectivity index (χ1n) is 11.5. The highest BCUT2D eigenvalue weighted by molar-refractivity contribution is 6.35. The highest BCUT2D eigenvalue weighted by Gasteiger charge is 2.31. The van der Waals surface area contributed by atoms with Crippen molar-refractivity contribution in [1.82, 2.24) is 10.2 Å². The molecule has 7 heteroatoms. The van der Waals surface area contributed by atoms with Crippen LogP contribution in [0.3, 0.4) is 0 Å². The zero-order valence-corrected chi connectivity index (χ0v) is 21.7. The standard InChI is InChI=1S/C28H30Cl2N2O3/c1-4-31-28(34)26(15-21-8-6-5-7-9-21)32(17-22-11-12-23(29)16-25(22)30)27(33)18-35-24-13-10-19(2)20(3)14-24/h5-14,16,26H,4,15,17-18H2,1-3H3,(H,31,34)/t26-/m0/s1. The summed E-state index contributed by atoms with van der Waals surface area (Å²) < 4.78 is 5.83. The number of carbonyl (C=O) groups excluding carboxylic acids is 2. The Morgan fingerprint density at radius 1 is 0.971 bits per heavy atom. The highest BCUT2D eigenvalue weighted by atomic mass is 35.5. The van der Waals surface area contributed by atoms with Crippen LogP contribution >= 0.6 is 23.2 Å². The van der Waals surface area contributed by atoms with Crippen LogP contribution in [-0.4, -0.2) is 35.9 Å². The number of hydrogen-bond donors (Lipinski definition) is 1. The molecule has 35 heavy (non-hydrogen) atoms. The van der Waals surface area contributed by atoms with Crippen LogP contribution < -0.4 is 10.1 Å². The van der Waals surface area contributed by atoms with Crippen molar-refractivity contribution >= 4 is 35.0 Å². The number of nitrogens with one attached hydrogen (secondary N) is 1. The Kier molecular flexibility index (Phi) is 9.58. The molecule has 0 spiro atoms. The SMILES string of the molecule is CCNC(=O)[C@H](Cc1ccccc1)N(Cc1ccc(Cl)cc1Cl)C(=O)COc1ccc(C)c(C)c1. The van der Waals surface area contributed by atoms with Gasteiger partial charge in [0.25, 0.3) is 5.91 Å². The van der Waals surface area contributed by atoms with Gasteiger partial charge in [-0.15, -0.1) is 0 Å². The maximum atomic E-state index is 13.5. The molecule has 0 aromatic heterocycles. The van der Waals surface area contributed by atoms with E-state index in [-0.39, 0.29) is 25.0 Å². The predicted molar refractivity (Wildman–Crippen MR) is 141 cm³/mol. The maximum Gasteiger partial charge on any atom is 0.261 e. The molecule has 3 aromatic rings. The number of amides is 2. The molecule has 0 aliphatic carbocycles. The first-order chi connectivity index (χ1) is 16.8. The molecule has 1 atom stereocenters. The minimum Gasteiger partial charge on any atom is -0.484 e. The third kappa shape index (κ3) is 7.48. The third-order valence-electron chi connectivity index (χ3n) is 5.82. The van der Waals surface area contributed by atoms with Gasteiger partial charge in [-0.2, -0.15) is 0 Å². The van der Waals surface area contributed by atoms with Crippen molar-refractivity contribution in [2.75, 3.05) is 13.2 Å². The van der Waals surface area contributed by atoms with E-state index in [0.717, 1.165) is 16.7 Å². The predicted octanol–water partition coefficient (Wildman–Crippen LogP) is 5.77. The molecule has 0 heterocycles. The molecular weight excluding hydrogens is 483 g/mol. The maximum absolute atomic E-state index is 13.5. The van der Waals surface area contributed by atoms with E-state index < -0.39 is 6.04 Å². The van der Waals surface area contributed by atoms with Gasteiger partial charge in [-0.25, -0.2) is 0 Å². The van der Waals surface area contributed by atoms with Crippen LogP contribution in [0.5, 0.6) is 5.75 Å². The van der Waals surface area contributed by atoms with E-state index in [1.807, 2.05) is 69.3 Å². The van der Waals surface area contributed by atoms with Gasteiger partial charge in [0.15, 0.2) is 6.61 Å². The van der Waals surface area contributed by atoms with E-state index in [4.69, 9.17) is 27.9 Å². The molecule has 5 nitrogen and oxygen atoms in total. The smallest absolute Gasteiger partial charge is 0.261 e. The third-order valence-corrected chi connectivity index (χ3v) is 6.41. The van der Waals surface area contributed by atoms with E-state index in [1.54, 1.807) is 18.2 Å². The average molecular weight is 513 g/mol. The normalized spacial score (nSPS) is 11.6. The van der Waals surface area contributed by atoms with Crippen LogP contribution in [0.2, 0.25) is 10.0 Å². The average Bonchev–Trinajstić information content (AvgIpc) is 2.84. The zero-order valence-electron chi connectivity index (χ0n) is 20.2. The number of halogens is 2. The number of ether oxygens (including phenoxy) is 1. The van der Waals surface area contributed by atoms with Gasteiger partial charge in [0.1, 0.15) is 11.8 Å². The summed E-state index contributed by atoms with van der Waals surface area (Å²) in [5.74, 6) is 0.0472. The van der Waals surface area contributed by atoms with Crippen LogP contribution in [0.1, 0.15) is 29.2 Å². The molecule has 0 bridgehead atoms. The van der Waals surface area contributed by atoms with E-state index >= 15 is 0 Å². The fourth-order valence-electron chi connectivity index (χ4n) is 3.71. The van der Waals surface area contributed by atoms with Crippen molar-refractivity contribution in [2.45, 2.75) is 39.8 Å². The fourth-order valence-corrected chi connectivity index (χ4v) is 4.18. The molecule has 0 radical (unpaired) electrons. The first kappa shape index (κ1) is 26.6. The molecule has 0 saturated carbocycles. The molecule has 3 rings (SSSR count). The minimum absolute atomic E-state index is 0.139. The quantitative estimate of drug-likeness (QED) is 0.375. The molecular formula is C28H30Cl2N2O3. The van der Waals surface area contributed by atoms with Crippen LogP contribution in [0.25, 0.3) is 0 Å². The molecule has 2 amide bonds. The van der Waals surface area contributed by atoms with Gasteiger partial charge in [0.2, 0.25) is 5.91 Å². The van der Waals surface area contributed by atoms with Gasteiger partial charge < -0.3 is 15.0 Å². The van der Waals surface area contributed by atoms with Crippen LogP contribution in [0.4, 0.5) is 0 Å². The monoisotopic (exact) mass is 512 g/mol. The summed E-state index contributed by atoms with van der Waals surface area (Å²) in [6.45, 7) is 6.24. The first-order valence-corrected chi connectivity index (χ1v) is 12.3. The second kappa shape index (κ2) is 12.6. The molecule has 0 fully saturated rings. The second-order valence-corrected chi connectivity index (χ2v) is 9.24. The lowest BCUT2D eigenvalue weighted by molar-refractivity contribution is -0.142. The lowest BCUT2D eigenvalue weighted by atomic mass is 10.0. The van der Waals surface area contributed by atoms with Crippen LogP contribution in [-0.2, 0) is 22.6 Å². The molecule has 3 aromatic carbocycles. The zero-order chi connectivity index (χ0) is 25.4. The summed E-state index contributed by atoms with van der Waals surface area (Å²) in [4.78, 5) is 28.3. The van der Waals surface area contributed by atoms with Crippen molar-refractivity contribution in [3.8, 4) is 5.75 Å². The lowest BCUT2D eigenvalue weighted by Gasteiger charge is -2.31. The summed E-state index contributed by atoms with van der Waals surface area (Å²) in [7, 11) is 0. The van der Waals surface area contributed by atoms with Gasteiger partial charge in [0, 0.05) is 29.6 Å². The number of nitrogens with zero attached hydrogens (tertiary/aromatic N) is 1. The number of rotatable bonds is 10. The Bertz CT molecular complexity index is 1170. The van der Waals surface area contributed by atoms with Crippen LogP contribution in [0, 0.1) is 13.8 Å². The molecule has 0 saturated heterocycles. The van der Waals surface area contributed by atoms with Crippen molar-refractivity contribution in [3.63, 3.8) is 0 Å². The van der Waals surface area contributed by atoms with Gasteiger partial charge >= 0.3 is 0 Å². The number of aryl methyl sites for hydroxylation is 2. The Labute approximate surface area is 217 Å². The van der Waals surface area contributed by atoms with E-state index in [9.17, 15) is 9.59 Å². The Morgan fingerprint density at radius 2 is 1.71 bits per heavy atom. The van der Waals surface area contributed by atoms with Crippen molar-refractivity contribution in [1.29, 1.82) is 0 Å². The Morgan fingerprint density at radius 3 is 2.37 bits per heavy atom. The lowest BCUT2D eigenvalue weighted by Crippen LogP contribution is -2.51. The fraction of sp³-hybridized carbons (Fsp3) is 0.286. The van der Waals surface area contributed by atoms with Crippen LogP contribution in [0.15, 0.2) is 66.7 Å². The molecule has 0 unspecified atom stereocenters. The number of benzene rings is 3. The molecule has 0 aliphatic heterocycles. The highest BCUT2D eigenvalue weighted by Crippen LogP contribution is 2.24. The molecule has 1 N–H and O–H groups in total. The van der Waals surface area contributed by atoms with Gasteiger partial charge in [-0.3, -0.25) is 9.59 Å². The van der Waals surface area contributed by atoms with Crippen molar-refractivity contribution < 1.29 is 14.3 Å². The Hall–Kier alpha value is -3.02. The second-order valence-electron chi connectivity index (χ2n) is 8.39. The summed E-state index contributed by atoms with van der Waals surface area (Å²) in [6, 6.07) is 19.7. The minimum atomic E-state index is -0.750. The topological polar surface area (TPSA) is 58.6 Å². The van der Waals surface area contributed by atoms with Crippen molar-refractivity contribution in [2.24, 2.45) is 0 Å². The number of carbonyl (C=O) groups is 2. The van der Waals surface area contributed by atoms with E-state index in [2.05, 4.69) is 5.32 Å². The summed E-state index contributed by atoms with van der Waals surface area (Å²) in [6.07, 6.45) is 0.354. The molecule has 184 valence electrons. The van der Waals surface area contributed by atoms with Gasteiger partial charge in [0.05, 0.1) is 0 Å². The summed E-state index contributed by atoms with van der Waals surface area (Å²) >= 11 is 12.5.